The summed E-state index contributed by atoms with van der Waals surface area (Å²) in [5.41, 5.74) is 13.1. The predicted molar refractivity (Wildman–Crippen MR) is 416 cm³/mol. The average molecular weight is 1540 g/mol. The number of alkyl halides is 2. The number of halogens is 2. The van der Waals surface area contributed by atoms with Crippen LogP contribution in [0.3, 0.4) is 0 Å². The third-order valence-corrected chi connectivity index (χ3v) is 18.5. The van der Waals surface area contributed by atoms with Gasteiger partial charge in [-0.15, -0.1) is 0 Å². The van der Waals surface area contributed by atoms with E-state index in [-0.39, 0.29) is 35.5 Å². The van der Waals surface area contributed by atoms with E-state index in [4.69, 9.17) is 33.3 Å². The highest BCUT2D eigenvalue weighted by Gasteiger charge is 2.38. The van der Waals surface area contributed by atoms with Crippen LogP contribution in [0.25, 0.3) is 66.8 Å². The van der Waals surface area contributed by atoms with E-state index in [1.54, 1.807) is 97.1 Å². The second kappa shape index (κ2) is 37.7. The van der Waals surface area contributed by atoms with Crippen LogP contribution < -0.4 is 0 Å². The Balaban J connectivity index is 0.000000212. The van der Waals surface area contributed by atoms with Crippen molar-refractivity contribution in [3.63, 3.8) is 0 Å². The summed E-state index contributed by atoms with van der Waals surface area (Å²) in [6, 6.07) is 99.8. The first-order valence-corrected chi connectivity index (χ1v) is 35.5. The van der Waals surface area contributed by atoms with Gasteiger partial charge in [-0.1, -0.05) is 292 Å². The highest BCUT2D eigenvalue weighted by atomic mass is 79.9. The summed E-state index contributed by atoms with van der Waals surface area (Å²) in [4.78, 5) is 95.8. The minimum atomic E-state index is -1.54. The molecule has 17 heteroatoms. The fourth-order valence-electron chi connectivity index (χ4n) is 11.2. The average Bonchev–Trinajstić information content (AvgIpc) is 0.857. The molecule has 0 aliphatic heterocycles. The number of ether oxygens (including phenoxy) is 6. The molecule has 15 nitrogen and oxygen atoms in total. The lowest BCUT2D eigenvalue weighted by atomic mass is 10.0. The largest absolute Gasteiger partial charge is 0.461 e. The molecule has 0 fully saturated rings. The number of rotatable bonds is 27. The monoisotopic (exact) mass is 1530 g/mol. The number of oxime groups is 1. The number of carbonyl (C=O) groups is 7. The van der Waals surface area contributed by atoms with Gasteiger partial charge in [0, 0.05) is 0 Å². The van der Waals surface area contributed by atoms with Gasteiger partial charge in [-0.05, 0) is 140 Å². The number of benzene rings is 12. The van der Waals surface area contributed by atoms with Gasteiger partial charge in [0.1, 0.15) is 20.3 Å². The van der Waals surface area contributed by atoms with Crippen molar-refractivity contribution >= 4 is 80.2 Å². The summed E-state index contributed by atoms with van der Waals surface area (Å²) in [6.07, 6.45) is -3.75. The van der Waals surface area contributed by atoms with Gasteiger partial charge in [-0.2, -0.15) is 0 Å². The molecule has 0 amide bonds. The van der Waals surface area contributed by atoms with Gasteiger partial charge in [0.05, 0.1) is 49.2 Å². The van der Waals surface area contributed by atoms with Gasteiger partial charge < -0.3 is 33.3 Å². The van der Waals surface area contributed by atoms with Gasteiger partial charge >= 0.3 is 35.8 Å². The molecule has 0 spiro atoms. The Morgan fingerprint density at radius 1 is 0.283 bits per heavy atom. The molecule has 528 valence electrons. The van der Waals surface area contributed by atoms with E-state index >= 15 is 0 Å². The van der Waals surface area contributed by atoms with E-state index < -0.39 is 69.9 Å². The lowest BCUT2D eigenvalue weighted by molar-refractivity contribution is -0.122. The van der Waals surface area contributed by atoms with Crippen LogP contribution in [0.4, 0.5) is 0 Å². The van der Waals surface area contributed by atoms with Crippen molar-refractivity contribution in [1.29, 1.82) is 0 Å². The van der Waals surface area contributed by atoms with Gasteiger partial charge in [-0.25, -0.2) is 28.8 Å². The number of aldehydes is 1. The van der Waals surface area contributed by atoms with Crippen LogP contribution in [-0.2, 0) is 38.1 Å². The molecule has 0 radical (unpaired) electrons. The molecule has 0 saturated carbocycles. The Hall–Kier alpha value is -12.4. The number of carbonyl (C=O) groups excluding carboxylic acids is 7. The van der Waals surface area contributed by atoms with E-state index in [9.17, 15) is 33.6 Å². The first-order valence-electron chi connectivity index (χ1n) is 33.7. The third kappa shape index (κ3) is 20.5. The second-order valence-corrected chi connectivity index (χ2v) is 26.3. The lowest BCUT2D eigenvalue weighted by Crippen LogP contribution is -2.44. The molecule has 0 saturated heterocycles. The van der Waals surface area contributed by atoms with E-state index in [0.29, 0.717) is 17.4 Å². The van der Waals surface area contributed by atoms with E-state index in [0.717, 1.165) is 66.8 Å². The molecule has 12 aromatic carbocycles. The summed E-state index contributed by atoms with van der Waals surface area (Å²) in [7, 11) is 1.34. The van der Waals surface area contributed by atoms with Crippen LogP contribution >= 0.6 is 31.9 Å². The van der Waals surface area contributed by atoms with Crippen LogP contribution in [-0.4, -0.2) is 103 Å². The van der Waals surface area contributed by atoms with E-state index in [1.165, 1.54) is 13.3 Å². The first-order chi connectivity index (χ1) is 51.8. The number of hydrogen-bond acceptors (Lipinski definition) is 15. The Morgan fingerprint density at radius 2 is 0.481 bits per heavy atom. The van der Waals surface area contributed by atoms with Gasteiger partial charge in [0.25, 0.3) is 0 Å². The van der Waals surface area contributed by atoms with Crippen molar-refractivity contribution in [1.82, 2.24) is 0 Å². The highest BCUT2D eigenvalue weighted by Crippen LogP contribution is 2.29. The smallest absolute Gasteiger partial charge is 0.338 e. The molecule has 0 N–H and O–H groups in total. The Kier molecular flexibility index (Phi) is 26.5. The Labute approximate surface area is 630 Å². The second-order valence-electron chi connectivity index (χ2n) is 23.9. The summed E-state index contributed by atoms with van der Waals surface area (Å²) in [6.45, 7) is -0.553. The molecule has 0 aliphatic carbocycles. The molecule has 0 bridgehead atoms. The van der Waals surface area contributed by atoms with Crippen LogP contribution in [0.2, 0.25) is 0 Å². The van der Waals surface area contributed by atoms with Crippen LogP contribution in [0.1, 0.15) is 62.1 Å². The predicted octanol–water partition coefficient (Wildman–Crippen LogP) is 18.9. The maximum atomic E-state index is 13.7. The highest BCUT2D eigenvalue weighted by molar-refractivity contribution is 9.09. The molecule has 6 atom stereocenters. The Bertz CT molecular complexity index is 4890. The van der Waals surface area contributed by atoms with Crippen LogP contribution in [0, 0.1) is 0 Å². The van der Waals surface area contributed by atoms with E-state index in [2.05, 4.69) is 37.0 Å². The summed E-state index contributed by atoms with van der Waals surface area (Å²) < 4.78 is 34.6. The zero-order valence-corrected chi connectivity index (χ0v) is 60.3. The van der Waals surface area contributed by atoms with Crippen molar-refractivity contribution in [2.75, 3.05) is 20.3 Å². The van der Waals surface area contributed by atoms with Crippen molar-refractivity contribution in [2.24, 2.45) is 5.16 Å². The normalized spacial score (nSPS) is 12.6. The topological polar surface area (TPSA) is 196 Å². The first kappa shape index (κ1) is 74.7. The molecular weight excluding hydrogens is 1470 g/mol. The zero-order valence-electron chi connectivity index (χ0n) is 57.1. The van der Waals surface area contributed by atoms with Crippen LogP contribution in [0.5, 0.6) is 0 Å². The van der Waals surface area contributed by atoms with Crippen molar-refractivity contribution in [2.45, 2.75) is 34.1 Å². The fraction of sp³-hybridized carbons (Fsp3) is 0.101. The van der Waals surface area contributed by atoms with Gasteiger partial charge in [0.15, 0.2) is 30.7 Å². The van der Waals surface area contributed by atoms with E-state index in [1.807, 2.05) is 231 Å². The molecule has 0 unspecified atom stereocenters. The van der Waals surface area contributed by atoms with Crippen molar-refractivity contribution < 1.29 is 66.8 Å². The minimum Gasteiger partial charge on any atom is -0.461 e. The SMILES string of the molecule is CO/N=C/[C@@H](OC(=O)c1ccc(-c2ccccc2)cc1)[C@@H](OC(=O)c1ccc(-c2ccccc2)cc1)[C@H](Br)COC(=O)c1ccc(-c2ccccc2)cc1.O=C[C@@H](OC(=O)c1ccc(-c2ccccc2)cc1)[C@@H](OC(=O)c1ccc(-c2ccccc2)cc1)[C@H](Br)COC(=O)c1ccc(-c2ccccc2)cc1. The molecule has 0 aromatic heterocycles. The number of hydrogen-bond donors (Lipinski definition) is 0. The number of nitrogens with zero attached hydrogens (tertiary/aromatic N) is 1. The zero-order chi connectivity index (χ0) is 74.0. The summed E-state index contributed by atoms with van der Waals surface area (Å²) in [5.74, 6) is -4.13. The van der Waals surface area contributed by atoms with Crippen molar-refractivity contribution in [3.05, 3.63) is 361 Å². The molecular formula is C89H69Br2NO14. The quantitative estimate of drug-likeness (QED) is 0.0118. The summed E-state index contributed by atoms with van der Waals surface area (Å²) in [5, 5.41) is 3.86. The molecule has 0 aliphatic rings. The molecule has 106 heavy (non-hydrogen) atoms. The fourth-order valence-corrected chi connectivity index (χ4v) is 12.3. The standard InChI is InChI=1S/C45H36BrNO7.C44H33BrO7/c1-51-47-29-41(53-44(49)38-25-19-35(20-26-38)32-13-7-3-8-14-32)42(54-45(50)39-27-21-36(22-28-39)33-15-9-4-10-16-33)40(46)30-52-43(48)37-23-17-34(18-24-37)31-11-5-2-6-12-31;45-39(29-50-42(47)36-22-16-33(17-23-36)30-10-4-1-5-11-30)41(52-44(49)38-26-20-35(21-27-38)32-14-8-3-9-15-32)40(28-46)51-43(48)37-24-18-34(19-25-37)31-12-6-2-7-13-31/h2-29,40-42H,30H2,1H3;1-28,39-41H,29H2/b47-29+;/t40-,41-,42+;39-,40-,41+/m11/s1. The van der Waals surface area contributed by atoms with Gasteiger partial charge in [-0.3, -0.25) is 4.79 Å². The summed E-state index contributed by atoms with van der Waals surface area (Å²) >= 11 is 7.01. The third-order valence-electron chi connectivity index (χ3n) is 16.9. The molecule has 12 rings (SSSR count). The maximum Gasteiger partial charge on any atom is 0.338 e. The van der Waals surface area contributed by atoms with Crippen molar-refractivity contribution in [3.8, 4) is 66.8 Å². The molecule has 12 aromatic rings. The number of esters is 6. The van der Waals surface area contributed by atoms with Gasteiger partial charge in [0.2, 0.25) is 0 Å². The maximum absolute atomic E-state index is 13.7. The molecule has 0 heterocycles. The minimum absolute atomic E-state index is 0.199. The Morgan fingerprint density at radius 3 is 0.708 bits per heavy atom. The lowest BCUT2D eigenvalue weighted by Gasteiger charge is -2.28. The van der Waals surface area contributed by atoms with Crippen LogP contribution in [0.15, 0.2) is 333 Å².